The highest BCUT2D eigenvalue weighted by molar-refractivity contribution is 5.85. The van der Waals surface area contributed by atoms with Crippen LogP contribution in [0.25, 0.3) is 0 Å². The predicted molar refractivity (Wildman–Crippen MR) is 70.0 cm³/mol. The molecule has 3 nitrogen and oxygen atoms in total. The minimum Gasteiger partial charge on any atom is -0.481 e. The van der Waals surface area contributed by atoms with Crippen molar-refractivity contribution in [2.24, 2.45) is 5.73 Å². The van der Waals surface area contributed by atoms with Gasteiger partial charge in [-0.2, -0.15) is 0 Å². The Balaban J connectivity index is 0.00000112. The third-order valence-corrected chi connectivity index (χ3v) is 2.87. The summed E-state index contributed by atoms with van der Waals surface area (Å²) in [5.41, 5.74) is 8.22. The summed E-state index contributed by atoms with van der Waals surface area (Å²) in [5, 5.41) is 0. The van der Waals surface area contributed by atoms with E-state index in [4.69, 9.17) is 10.5 Å². The smallest absolute Gasteiger partial charge is 0.213 e. The molecule has 1 heterocycles. The number of methoxy groups -OCH3 is 1. The number of ether oxygens (including phenoxy) is 1. The van der Waals surface area contributed by atoms with E-state index in [0.717, 1.165) is 18.5 Å². The minimum absolute atomic E-state index is 0. The molecule has 0 radical (unpaired) electrons. The van der Waals surface area contributed by atoms with E-state index in [1.54, 1.807) is 7.11 Å². The van der Waals surface area contributed by atoms with Gasteiger partial charge in [0.25, 0.3) is 0 Å². The van der Waals surface area contributed by atoms with Gasteiger partial charge in [-0.1, -0.05) is 6.07 Å². The lowest BCUT2D eigenvalue weighted by molar-refractivity contribution is 0.392. The second kappa shape index (κ2) is 6.94. The maximum Gasteiger partial charge on any atom is 0.213 e. The molecule has 0 aliphatic heterocycles. The Bertz CT molecular complexity index is 334. The molecule has 0 bridgehead atoms. The molecule has 92 valence electrons. The highest BCUT2D eigenvalue weighted by atomic mass is 35.5. The van der Waals surface area contributed by atoms with Gasteiger partial charge in [0.2, 0.25) is 5.88 Å². The zero-order valence-corrected chi connectivity index (χ0v) is 10.9. The standard InChI is InChI=1S/C11H16N2O.2ClH/c1-14-10-6-5-8-3-2-4-9(7-12)11(8)13-10;;/h5-6,9H,2-4,7,12H2,1H3;2*1H/t9-;;/m1../s1. The Hall–Kier alpha value is -0.510. The molecule has 1 aliphatic carbocycles. The molecule has 0 amide bonds. The summed E-state index contributed by atoms with van der Waals surface area (Å²) in [4.78, 5) is 4.48. The van der Waals surface area contributed by atoms with E-state index in [0.29, 0.717) is 18.3 Å². The molecule has 0 spiro atoms. The first-order valence-corrected chi connectivity index (χ1v) is 5.09. The van der Waals surface area contributed by atoms with Gasteiger partial charge in [0.05, 0.1) is 12.8 Å². The average molecular weight is 265 g/mol. The SMILES string of the molecule is COc1ccc2c(n1)[C@@H](CN)CCC2.Cl.Cl. The van der Waals surface area contributed by atoms with Crippen molar-refractivity contribution in [3.63, 3.8) is 0 Å². The summed E-state index contributed by atoms with van der Waals surface area (Å²) >= 11 is 0. The maximum absolute atomic E-state index is 5.73. The third-order valence-electron chi connectivity index (χ3n) is 2.87. The van der Waals surface area contributed by atoms with Gasteiger partial charge in [-0.3, -0.25) is 0 Å². The summed E-state index contributed by atoms with van der Waals surface area (Å²) in [6.07, 6.45) is 3.51. The van der Waals surface area contributed by atoms with Crippen LogP contribution in [0.4, 0.5) is 0 Å². The molecule has 5 heteroatoms. The Morgan fingerprint density at radius 3 is 2.81 bits per heavy atom. The summed E-state index contributed by atoms with van der Waals surface area (Å²) in [6, 6.07) is 4.04. The Kier molecular flexibility index (Phi) is 6.72. The van der Waals surface area contributed by atoms with Crippen LogP contribution in [-0.4, -0.2) is 18.6 Å². The zero-order valence-electron chi connectivity index (χ0n) is 9.31. The van der Waals surface area contributed by atoms with Crippen molar-refractivity contribution in [3.8, 4) is 5.88 Å². The molecule has 0 unspecified atom stereocenters. The molecular formula is C11H18Cl2N2O. The largest absolute Gasteiger partial charge is 0.481 e. The minimum atomic E-state index is 0. The lowest BCUT2D eigenvalue weighted by Gasteiger charge is -2.23. The third kappa shape index (κ3) is 3.00. The molecule has 0 saturated heterocycles. The number of nitrogens with zero attached hydrogens (tertiary/aromatic N) is 1. The monoisotopic (exact) mass is 264 g/mol. The quantitative estimate of drug-likeness (QED) is 0.892. The Labute approximate surface area is 109 Å². The van der Waals surface area contributed by atoms with Gasteiger partial charge in [-0.25, -0.2) is 4.98 Å². The van der Waals surface area contributed by atoms with Crippen LogP contribution in [0.15, 0.2) is 12.1 Å². The fraction of sp³-hybridized carbons (Fsp3) is 0.545. The van der Waals surface area contributed by atoms with Crippen LogP contribution in [0.5, 0.6) is 5.88 Å². The number of fused-ring (bicyclic) bond motifs is 1. The van der Waals surface area contributed by atoms with E-state index in [1.807, 2.05) is 6.07 Å². The number of hydrogen-bond donors (Lipinski definition) is 1. The number of hydrogen-bond acceptors (Lipinski definition) is 3. The maximum atomic E-state index is 5.73. The lowest BCUT2D eigenvalue weighted by Crippen LogP contribution is -2.19. The fourth-order valence-electron chi connectivity index (χ4n) is 2.07. The molecule has 0 fully saturated rings. The summed E-state index contributed by atoms with van der Waals surface area (Å²) in [5.74, 6) is 1.12. The first-order chi connectivity index (χ1) is 6.85. The second-order valence-electron chi connectivity index (χ2n) is 3.72. The fourth-order valence-corrected chi connectivity index (χ4v) is 2.07. The Morgan fingerprint density at radius 2 is 2.19 bits per heavy atom. The van der Waals surface area contributed by atoms with Crippen LogP contribution < -0.4 is 10.5 Å². The van der Waals surface area contributed by atoms with E-state index in [1.165, 1.54) is 12.0 Å². The van der Waals surface area contributed by atoms with E-state index in [-0.39, 0.29) is 24.8 Å². The molecule has 2 N–H and O–H groups in total. The highest BCUT2D eigenvalue weighted by Gasteiger charge is 2.20. The van der Waals surface area contributed by atoms with Gasteiger partial charge in [0.15, 0.2) is 0 Å². The Morgan fingerprint density at radius 1 is 1.44 bits per heavy atom. The van der Waals surface area contributed by atoms with Gasteiger partial charge < -0.3 is 10.5 Å². The molecule has 1 aliphatic rings. The topological polar surface area (TPSA) is 48.1 Å². The number of aromatic nitrogens is 1. The average Bonchev–Trinajstić information content (AvgIpc) is 2.27. The van der Waals surface area contributed by atoms with Gasteiger partial charge in [0, 0.05) is 18.5 Å². The van der Waals surface area contributed by atoms with Gasteiger partial charge in [-0.05, 0) is 24.8 Å². The molecule has 1 atom stereocenters. The second-order valence-corrected chi connectivity index (χ2v) is 3.72. The first kappa shape index (κ1) is 15.5. The van der Waals surface area contributed by atoms with Crippen molar-refractivity contribution in [2.75, 3.05) is 13.7 Å². The van der Waals surface area contributed by atoms with Gasteiger partial charge in [-0.15, -0.1) is 24.8 Å². The van der Waals surface area contributed by atoms with Crippen molar-refractivity contribution < 1.29 is 4.74 Å². The summed E-state index contributed by atoms with van der Waals surface area (Å²) in [6.45, 7) is 0.688. The molecule has 0 saturated carbocycles. The molecule has 1 aromatic heterocycles. The van der Waals surface area contributed by atoms with Crippen LogP contribution in [0.2, 0.25) is 0 Å². The van der Waals surface area contributed by atoms with E-state index < -0.39 is 0 Å². The first-order valence-electron chi connectivity index (χ1n) is 5.09. The van der Waals surface area contributed by atoms with Crippen LogP contribution in [0, 0.1) is 0 Å². The molecule has 2 rings (SSSR count). The highest BCUT2D eigenvalue weighted by Crippen LogP contribution is 2.30. The van der Waals surface area contributed by atoms with E-state index >= 15 is 0 Å². The normalized spacial score (nSPS) is 17.8. The van der Waals surface area contributed by atoms with Crippen molar-refractivity contribution in [1.82, 2.24) is 4.98 Å². The number of aryl methyl sites for hydroxylation is 1. The molecule has 0 aromatic carbocycles. The van der Waals surface area contributed by atoms with Crippen LogP contribution in [0.1, 0.15) is 30.0 Å². The lowest BCUT2D eigenvalue weighted by atomic mass is 9.87. The van der Waals surface area contributed by atoms with Crippen LogP contribution in [-0.2, 0) is 6.42 Å². The summed E-state index contributed by atoms with van der Waals surface area (Å²) < 4.78 is 5.12. The zero-order chi connectivity index (χ0) is 9.97. The van der Waals surface area contributed by atoms with E-state index in [2.05, 4.69) is 11.1 Å². The van der Waals surface area contributed by atoms with Crippen molar-refractivity contribution in [2.45, 2.75) is 25.2 Å². The van der Waals surface area contributed by atoms with E-state index in [9.17, 15) is 0 Å². The molecule has 1 aromatic rings. The number of nitrogens with two attached hydrogens (primary N) is 1. The summed E-state index contributed by atoms with van der Waals surface area (Å²) in [7, 11) is 1.65. The van der Waals surface area contributed by atoms with Crippen molar-refractivity contribution >= 4 is 24.8 Å². The number of halogens is 2. The van der Waals surface area contributed by atoms with Crippen LogP contribution in [0.3, 0.4) is 0 Å². The molecule has 16 heavy (non-hydrogen) atoms. The van der Waals surface area contributed by atoms with Crippen molar-refractivity contribution in [1.29, 1.82) is 0 Å². The number of rotatable bonds is 2. The van der Waals surface area contributed by atoms with Gasteiger partial charge in [0.1, 0.15) is 0 Å². The van der Waals surface area contributed by atoms with Crippen molar-refractivity contribution in [3.05, 3.63) is 23.4 Å². The predicted octanol–water partition coefficient (Wildman–Crippen LogP) is 2.31. The molecular weight excluding hydrogens is 247 g/mol. The van der Waals surface area contributed by atoms with Gasteiger partial charge >= 0.3 is 0 Å². The van der Waals surface area contributed by atoms with Crippen LogP contribution >= 0.6 is 24.8 Å². The number of pyridine rings is 1.